The molecule has 0 bridgehead atoms. The Kier molecular flexibility index (Phi) is 9.23. The van der Waals surface area contributed by atoms with Crippen molar-refractivity contribution in [3.8, 4) is 0 Å². The maximum absolute atomic E-state index is 14.4. The van der Waals surface area contributed by atoms with Crippen LogP contribution in [0, 0.1) is 5.82 Å². The number of benzene rings is 3. The zero-order chi connectivity index (χ0) is 24.5. The highest BCUT2D eigenvalue weighted by molar-refractivity contribution is 6.30. The van der Waals surface area contributed by atoms with Crippen molar-refractivity contribution >= 4 is 23.4 Å². The molecule has 2 unspecified atom stereocenters. The monoisotopic (exact) mass is 480 g/mol. The molecule has 0 aromatic heterocycles. The van der Waals surface area contributed by atoms with Gasteiger partial charge in [0.05, 0.1) is 6.42 Å². The average molecular weight is 481 g/mol. The molecule has 3 aromatic carbocycles. The zero-order valence-corrected chi connectivity index (χ0v) is 20.3. The van der Waals surface area contributed by atoms with Crippen LogP contribution in [0.25, 0.3) is 0 Å². The molecule has 2 amide bonds. The summed E-state index contributed by atoms with van der Waals surface area (Å²) in [6, 6.07) is 22.2. The molecule has 0 fully saturated rings. The van der Waals surface area contributed by atoms with Crippen LogP contribution in [0.3, 0.4) is 0 Å². The van der Waals surface area contributed by atoms with Crippen molar-refractivity contribution < 1.29 is 14.0 Å². The van der Waals surface area contributed by atoms with Gasteiger partial charge in [0, 0.05) is 24.0 Å². The van der Waals surface area contributed by atoms with E-state index in [-0.39, 0.29) is 30.8 Å². The minimum Gasteiger partial charge on any atom is -0.352 e. The summed E-state index contributed by atoms with van der Waals surface area (Å²) in [7, 11) is 0. The van der Waals surface area contributed by atoms with Crippen molar-refractivity contribution in [2.45, 2.75) is 51.7 Å². The van der Waals surface area contributed by atoms with Crippen molar-refractivity contribution in [2.24, 2.45) is 0 Å². The Morgan fingerprint density at radius 2 is 1.65 bits per heavy atom. The molecule has 3 aromatic rings. The van der Waals surface area contributed by atoms with E-state index in [1.807, 2.05) is 56.3 Å². The predicted octanol–water partition coefficient (Wildman–Crippen LogP) is 5.58. The maximum atomic E-state index is 14.4. The molecule has 0 saturated carbocycles. The topological polar surface area (TPSA) is 49.4 Å². The third-order valence-electron chi connectivity index (χ3n) is 5.81. The lowest BCUT2D eigenvalue weighted by atomic mass is 10.0. The van der Waals surface area contributed by atoms with E-state index in [9.17, 15) is 14.0 Å². The first-order valence-corrected chi connectivity index (χ1v) is 11.9. The fourth-order valence-corrected chi connectivity index (χ4v) is 3.95. The number of hydrogen-bond acceptors (Lipinski definition) is 2. The Bertz CT molecular complexity index is 1110. The molecule has 4 nitrogen and oxygen atoms in total. The quantitative estimate of drug-likeness (QED) is 0.412. The van der Waals surface area contributed by atoms with Gasteiger partial charge in [-0.2, -0.15) is 0 Å². The SMILES string of the molecule is CCC(C)NC(=O)C(Cc1ccccc1)N(Cc1cccc(Cl)c1)C(=O)Cc1ccccc1F. The van der Waals surface area contributed by atoms with Crippen LogP contribution in [-0.2, 0) is 29.0 Å². The lowest BCUT2D eigenvalue weighted by Gasteiger charge is -2.32. The van der Waals surface area contributed by atoms with Gasteiger partial charge in [-0.15, -0.1) is 0 Å². The molecule has 2 atom stereocenters. The predicted molar refractivity (Wildman–Crippen MR) is 134 cm³/mol. The number of nitrogens with zero attached hydrogens (tertiary/aromatic N) is 1. The van der Waals surface area contributed by atoms with Gasteiger partial charge in [-0.05, 0) is 48.2 Å². The van der Waals surface area contributed by atoms with E-state index in [0.717, 1.165) is 17.5 Å². The smallest absolute Gasteiger partial charge is 0.243 e. The minimum atomic E-state index is -0.769. The fourth-order valence-electron chi connectivity index (χ4n) is 3.73. The normalized spacial score (nSPS) is 12.6. The summed E-state index contributed by atoms with van der Waals surface area (Å²) >= 11 is 6.19. The van der Waals surface area contributed by atoms with E-state index in [1.165, 1.54) is 6.07 Å². The van der Waals surface area contributed by atoms with Crippen LogP contribution < -0.4 is 5.32 Å². The van der Waals surface area contributed by atoms with Gasteiger partial charge in [0.2, 0.25) is 11.8 Å². The third kappa shape index (κ3) is 7.16. The first kappa shape index (κ1) is 25.4. The van der Waals surface area contributed by atoms with E-state index in [1.54, 1.807) is 35.2 Å². The summed E-state index contributed by atoms with van der Waals surface area (Å²) in [4.78, 5) is 28.6. The van der Waals surface area contributed by atoms with Gasteiger partial charge < -0.3 is 10.2 Å². The number of halogens is 2. The molecule has 1 N–H and O–H groups in total. The van der Waals surface area contributed by atoms with Gasteiger partial charge in [0.1, 0.15) is 11.9 Å². The molecule has 6 heteroatoms. The second-order valence-corrected chi connectivity index (χ2v) is 8.88. The molecule has 178 valence electrons. The fraction of sp³-hybridized carbons (Fsp3) is 0.286. The summed E-state index contributed by atoms with van der Waals surface area (Å²) in [5.41, 5.74) is 2.02. The summed E-state index contributed by atoms with van der Waals surface area (Å²) in [6.07, 6.45) is 0.961. The van der Waals surface area contributed by atoms with Crippen LogP contribution in [-0.4, -0.2) is 28.8 Å². The lowest BCUT2D eigenvalue weighted by Crippen LogP contribution is -2.52. The maximum Gasteiger partial charge on any atom is 0.243 e. The van der Waals surface area contributed by atoms with Gasteiger partial charge >= 0.3 is 0 Å². The largest absolute Gasteiger partial charge is 0.352 e. The number of hydrogen-bond donors (Lipinski definition) is 1. The van der Waals surface area contributed by atoms with Gasteiger partial charge in [0.15, 0.2) is 0 Å². The van der Waals surface area contributed by atoms with E-state index >= 15 is 0 Å². The summed E-state index contributed by atoms with van der Waals surface area (Å²) in [6.45, 7) is 4.10. The standard InChI is InChI=1S/C28H30ClFN2O2/c1-3-20(2)31-28(34)26(17-21-10-5-4-6-11-21)32(19-22-12-9-14-24(29)16-22)27(33)18-23-13-7-8-15-25(23)30/h4-16,20,26H,3,17-19H2,1-2H3,(H,31,34). The molecule has 0 aliphatic carbocycles. The summed E-state index contributed by atoms with van der Waals surface area (Å²) in [5, 5.41) is 3.57. The van der Waals surface area contributed by atoms with Gasteiger partial charge in [-0.3, -0.25) is 9.59 Å². The van der Waals surface area contributed by atoms with Crippen molar-refractivity contribution in [1.29, 1.82) is 0 Å². The van der Waals surface area contributed by atoms with E-state index in [4.69, 9.17) is 11.6 Å². The Morgan fingerprint density at radius 1 is 0.971 bits per heavy atom. The van der Waals surface area contributed by atoms with Crippen LogP contribution in [0.15, 0.2) is 78.9 Å². The molecule has 3 rings (SSSR count). The highest BCUT2D eigenvalue weighted by Crippen LogP contribution is 2.19. The average Bonchev–Trinajstić information content (AvgIpc) is 2.83. The highest BCUT2D eigenvalue weighted by atomic mass is 35.5. The lowest BCUT2D eigenvalue weighted by molar-refractivity contribution is -0.141. The zero-order valence-electron chi connectivity index (χ0n) is 19.5. The van der Waals surface area contributed by atoms with Crippen molar-refractivity contribution in [1.82, 2.24) is 10.2 Å². The number of rotatable bonds is 10. The Morgan fingerprint density at radius 3 is 2.32 bits per heavy atom. The Hall–Kier alpha value is -3.18. The Labute approximate surface area is 205 Å². The molecule has 0 saturated heterocycles. The first-order chi connectivity index (χ1) is 16.4. The molecular weight excluding hydrogens is 451 g/mol. The van der Waals surface area contributed by atoms with Crippen LogP contribution in [0.1, 0.15) is 37.0 Å². The molecule has 0 spiro atoms. The minimum absolute atomic E-state index is 0.0412. The van der Waals surface area contributed by atoms with Crippen molar-refractivity contribution in [3.05, 3.63) is 106 Å². The van der Waals surface area contributed by atoms with Gasteiger partial charge in [-0.1, -0.05) is 79.2 Å². The van der Waals surface area contributed by atoms with Crippen LogP contribution >= 0.6 is 11.6 Å². The molecule has 34 heavy (non-hydrogen) atoms. The van der Waals surface area contributed by atoms with Crippen molar-refractivity contribution in [2.75, 3.05) is 0 Å². The van der Waals surface area contributed by atoms with E-state index in [2.05, 4.69) is 5.32 Å². The number of nitrogens with one attached hydrogen (secondary N) is 1. The second kappa shape index (κ2) is 12.3. The number of carbonyl (C=O) groups excluding carboxylic acids is 2. The third-order valence-corrected chi connectivity index (χ3v) is 6.05. The molecule has 0 radical (unpaired) electrons. The molecule has 0 aliphatic rings. The van der Waals surface area contributed by atoms with Crippen molar-refractivity contribution in [3.63, 3.8) is 0 Å². The molecule has 0 aliphatic heterocycles. The van der Waals surface area contributed by atoms with Crippen LogP contribution in [0.4, 0.5) is 4.39 Å². The van der Waals surface area contributed by atoms with Gasteiger partial charge in [-0.25, -0.2) is 4.39 Å². The highest BCUT2D eigenvalue weighted by Gasteiger charge is 2.31. The van der Waals surface area contributed by atoms with Gasteiger partial charge in [0.25, 0.3) is 0 Å². The first-order valence-electron chi connectivity index (χ1n) is 11.5. The van der Waals surface area contributed by atoms with Crippen LogP contribution in [0.2, 0.25) is 5.02 Å². The number of amides is 2. The van der Waals surface area contributed by atoms with E-state index in [0.29, 0.717) is 17.0 Å². The van der Waals surface area contributed by atoms with E-state index < -0.39 is 11.9 Å². The van der Waals surface area contributed by atoms with Crippen LogP contribution in [0.5, 0.6) is 0 Å². The molecular formula is C28H30ClFN2O2. The second-order valence-electron chi connectivity index (χ2n) is 8.44. The Balaban J connectivity index is 1.98. The molecule has 0 heterocycles. The number of carbonyl (C=O) groups is 2. The summed E-state index contributed by atoms with van der Waals surface area (Å²) < 4.78 is 14.4. The summed E-state index contributed by atoms with van der Waals surface area (Å²) in [5.74, 6) is -1.00.